The molecule has 4 nitrogen and oxygen atoms in total. The number of rotatable bonds is 4. The van der Waals surface area contributed by atoms with Crippen molar-refractivity contribution >= 4 is 5.78 Å². The molecule has 4 heteroatoms. The van der Waals surface area contributed by atoms with E-state index in [0.717, 1.165) is 32.1 Å². The van der Waals surface area contributed by atoms with Gasteiger partial charge in [0.05, 0.1) is 13.3 Å². The lowest BCUT2D eigenvalue weighted by Gasteiger charge is -2.25. The summed E-state index contributed by atoms with van der Waals surface area (Å²) in [6.07, 6.45) is 6.82. The number of ether oxygens (including phenoxy) is 1. The van der Waals surface area contributed by atoms with Crippen LogP contribution in [0.15, 0.2) is 6.20 Å². The third-order valence-electron chi connectivity index (χ3n) is 4.06. The van der Waals surface area contributed by atoms with Gasteiger partial charge in [-0.25, -0.2) is 0 Å². The Balaban J connectivity index is 2.38. The van der Waals surface area contributed by atoms with Gasteiger partial charge in [0.25, 0.3) is 0 Å². The molecule has 2 rings (SSSR count). The van der Waals surface area contributed by atoms with Crippen LogP contribution < -0.4 is 4.74 Å². The Labute approximate surface area is 102 Å². The summed E-state index contributed by atoms with van der Waals surface area (Å²) < 4.78 is 6.87. The summed E-state index contributed by atoms with van der Waals surface area (Å²) in [4.78, 5) is 12.7. The standard InChI is InChI=1S/C13H20N2O2/c1-4-13(7-5-6-8-13)12(16)11-10(17-3)9-14-15(11)2/h9H,4-8H2,1-3H3. The fourth-order valence-electron chi connectivity index (χ4n) is 2.87. The second kappa shape index (κ2) is 4.51. The molecule has 0 aromatic carbocycles. The summed E-state index contributed by atoms with van der Waals surface area (Å²) in [5, 5.41) is 4.12. The van der Waals surface area contributed by atoms with Crippen LogP contribution in [-0.4, -0.2) is 22.7 Å². The molecule has 0 unspecified atom stereocenters. The summed E-state index contributed by atoms with van der Waals surface area (Å²) in [6, 6.07) is 0. The van der Waals surface area contributed by atoms with E-state index < -0.39 is 0 Å². The molecule has 1 aromatic rings. The zero-order valence-electron chi connectivity index (χ0n) is 10.8. The molecule has 0 bridgehead atoms. The zero-order valence-corrected chi connectivity index (χ0v) is 10.8. The summed E-state index contributed by atoms with van der Waals surface area (Å²) >= 11 is 0. The van der Waals surface area contributed by atoms with Gasteiger partial charge in [-0.3, -0.25) is 9.48 Å². The fraction of sp³-hybridized carbons (Fsp3) is 0.692. The summed E-state index contributed by atoms with van der Waals surface area (Å²) in [7, 11) is 3.38. The third kappa shape index (κ3) is 1.85. The van der Waals surface area contributed by atoms with Crippen LogP contribution in [0.4, 0.5) is 0 Å². The normalized spacial score (nSPS) is 18.3. The van der Waals surface area contributed by atoms with E-state index in [1.165, 1.54) is 0 Å². The van der Waals surface area contributed by atoms with E-state index in [-0.39, 0.29) is 11.2 Å². The van der Waals surface area contributed by atoms with E-state index in [2.05, 4.69) is 12.0 Å². The molecule has 0 amide bonds. The minimum absolute atomic E-state index is 0.179. The van der Waals surface area contributed by atoms with Crippen molar-refractivity contribution < 1.29 is 9.53 Å². The number of hydrogen-bond acceptors (Lipinski definition) is 3. The number of Topliss-reactive ketones (excluding diaryl/α,β-unsaturated/α-hetero) is 1. The number of carbonyl (C=O) groups is 1. The van der Waals surface area contributed by atoms with E-state index in [1.54, 1.807) is 25.0 Å². The van der Waals surface area contributed by atoms with Gasteiger partial charge in [0.15, 0.2) is 11.5 Å². The van der Waals surface area contributed by atoms with Crippen molar-refractivity contribution in [3.8, 4) is 5.75 Å². The summed E-state index contributed by atoms with van der Waals surface area (Å²) in [6.45, 7) is 2.10. The van der Waals surface area contributed by atoms with Crippen LogP contribution in [0, 0.1) is 5.41 Å². The van der Waals surface area contributed by atoms with Crippen LogP contribution in [0.2, 0.25) is 0 Å². The number of aromatic nitrogens is 2. The van der Waals surface area contributed by atoms with Crippen LogP contribution in [-0.2, 0) is 7.05 Å². The van der Waals surface area contributed by atoms with E-state index in [1.807, 2.05) is 0 Å². The van der Waals surface area contributed by atoms with Gasteiger partial charge in [-0.2, -0.15) is 5.10 Å². The minimum Gasteiger partial charge on any atom is -0.493 e. The van der Waals surface area contributed by atoms with E-state index in [9.17, 15) is 4.79 Å². The molecule has 0 saturated heterocycles. The summed E-state index contributed by atoms with van der Waals surface area (Å²) in [5.41, 5.74) is 0.442. The molecule has 0 atom stereocenters. The number of carbonyl (C=O) groups excluding carboxylic acids is 1. The van der Waals surface area contributed by atoms with E-state index in [4.69, 9.17) is 4.74 Å². The third-order valence-corrected chi connectivity index (χ3v) is 4.06. The Bertz CT molecular complexity index is 417. The van der Waals surface area contributed by atoms with Gasteiger partial charge in [-0.15, -0.1) is 0 Å². The number of nitrogens with zero attached hydrogens (tertiary/aromatic N) is 2. The average Bonchev–Trinajstić information content (AvgIpc) is 2.95. The second-order valence-corrected chi connectivity index (χ2v) is 4.86. The first-order valence-electron chi connectivity index (χ1n) is 6.25. The highest BCUT2D eigenvalue weighted by Crippen LogP contribution is 2.44. The van der Waals surface area contributed by atoms with Crippen LogP contribution in [0.1, 0.15) is 49.5 Å². The number of hydrogen-bond donors (Lipinski definition) is 0. The van der Waals surface area contributed by atoms with Crippen LogP contribution >= 0.6 is 0 Å². The molecule has 17 heavy (non-hydrogen) atoms. The van der Waals surface area contributed by atoms with E-state index in [0.29, 0.717) is 11.4 Å². The highest BCUT2D eigenvalue weighted by atomic mass is 16.5. The number of ketones is 1. The van der Waals surface area contributed by atoms with Crippen molar-refractivity contribution in [3.05, 3.63) is 11.9 Å². The van der Waals surface area contributed by atoms with Crippen molar-refractivity contribution in [3.63, 3.8) is 0 Å². The molecule has 0 spiro atoms. The number of methoxy groups -OCH3 is 1. The molecular weight excluding hydrogens is 216 g/mol. The van der Waals surface area contributed by atoms with Crippen molar-refractivity contribution in [2.75, 3.05) is 7.11 Å². The molecule has 94 valence electrons. The van der Waals surface area contributed by atoms with Crippen molar-refractivity contribution in [1.82, 2.24) is 9.78 Å². The fourth-order valence-corrected chi connectivity index (χ4v) is 2.87. The largest absolute Gasteiger partial charge is 0.493 e. The Morgan fingerprint density at radius 3 is 2.71 bits per heavy atom. The minimum atomic E-state index is -0.179. The second-order valence-electron chi connectivity index (χ2n) is 4.86. The maximum absolute atomic E-state index is 12.7. The van der Waals surface area contributed by atoms with Crippen molar-refractivity contribution in [2.45, 2.75) is 39.0 Å². The highest BCUT2D eigenvalue weighted by molar-refractivity contribution is 6.01. The SMILES string of the molecule is CCC1(C(=O)c2c(OC)cnn2C)CCCC1. The molecule has 1 aliphatic carbocycles. The molecule has 0 radical (unpaired) electrons. The van der Waals surface area contributed by atoms with Crippen LogP contribution in [0.25, 0.3) is 0 Å². The number of aryl methyl sites for hydroxylation is 1. The average molecular weight is 236 g/mol. The van der Waals surface area contributed by atoms with Crippen molar-refractivity contribution in [2.24, 2.45) is 12.5 Å². The molecule has 1 heterocycles. The van der Waals surface area contributed by atoms with Gasteiger partial charge in [-0.05, 0) is 19.3 Å². The van der Waals surface area contributed by atoms with Gasteiger partial charge in [0.2, 0.25) is 0 Å². The molecular formula is C13H20N2O2. The monoisotopic (exact) mass is 236 g/mol. The topological polar surface area (TPSA) is 44.1 Å². The Kier molecular flexibility index (Phi) is 3.22. The maximum atomic E-state index is 12.7. The zero-order chi connectivity index (χ0) is 12.5. The van der Waals surface area contributed by atoms with Crippen LogP contribution in [0.3, 0.4) is 0 Å². The highest BCUT2D eigenvalue weighted by Gasteiger charge is 2.42. The lowest BCUT2D eigenvalue weighted by atomic mass is 9.78. The molecule has 0 N–H and O–H groups in total. The van der Waals surface area contributed by atoms with Crippen LogP contribution in [0.5, 0.6) is 5.75 Å². The molecule has 1 fully saturated rings. The smallest absolute Gasteiger partial charge is 0.190 e. The predicted octanol–water partition coefficient (Wildman–Crippen LogP) is 2.58. The lowest BCUT2D eigenvalue weighted by Crippen LogP contribution is -2.29. The van der Waals surface area contributed by atoms with E-state index >= 15 is 0 Å². The summed E-state index contributed by atoms with van der Waals surface area (Å²) in [5.74, 6) is 0.798. The first-order chi connectivity index (χ1) is 8.14. The molecule has 1 aliphatic rings. The molecule has 0 aliphatic heterocycles. The van der Waals surface area contributed by atoms with Crippen molar-refractivity contribution in [1.29, 1.82) is 0 Å². The predicted molar refractivity (Wildman–Crippen MR) is 65.3 cm³/mol. The Morgan fingerprint density at radius 2 is 2.18 bits per heavy atom. The lowest BCUT2D eigenvalue weighted by molar-refractivity contribution is 0.0777. The van der Waals surface area contributed by atoms with Gasteiger partial charge in [-0.1, -0.05) is 19.8 Å². The van der Waals surface area contributed by atoms with Gasteiger partial charge < -0.3 is 4.74 Å². The first-order valence-corrected chi connectivity index (χ1v) is 6.25. The maximum Gasteiger partial charge on any atom is 0.190 e. The van der Waals surface area contributed by atoms with Gasteiger partial charge in [0.1, 0.15) is 5.69 Å². The van der Waals surface area contributed by atoms with Gasteiger partial charge >= 0.3 is 0 Å². The Morgan fingerprint density at radius 1 is 1.53 bits per heavy atom. The Hall–Kier alpha value is -1.32. The first kappa shape index (κ1) is 12.1. The quantitative estimate of drug-likeness (QED) is 0.755. The molecule has 1 saturated carbocycles. The van der Waals surface area contributed by atoms with Gasteiger partial charge in [0, 0.05) is 12.5 Å². The molecule has 1 aromatic heterocycles.